The van der Waals surface area contributed by atoms with Crippen LogP contribution in [0.2, 0.25) is 0 Å². The Labute approximate surface area is 185 Å². The Balaban J connectivity index is 0.00000280. The molecule has 0 aliphatic carbocycles. The van der Waals surface area contributed by atoms with E-state index in [1.807, 2.05) is 24.3 Å². The molecule has 6 heteroatoms. The fourth-order valence-corrected chi connectivity index (χ4v) is 3.40. The van der Waals surface area contributed by atoms with Crippen LogP contribution in [0.4, 0.5) is 5.69 Å². The molecule has 0 amide bonds. The number of nitrogens with two attached hydrogens (primary N) is 1. The maximum absolute atomic E-state index is 9.73. The zero-order chi connectivity index (χ0) is 19.2. The number of likely N-dealkylation sites (tertiary alicyclic amines) is 1. The van der Waals surface area contributed by atoms with Crippen LogP contribution < -0.4 is 11.1 Å². The molecular formula is C22H31IN4O. The maximum atomic E-state index is 9.73. The number of rotatable bonds is 6. The first-order chi connectivity index (χ1) is 13.0. The summed E-state index contributed by atoms with van der Waals surface area (Å²) in [7, 11) is 0. The minimum atomic E-state index is -0.198. The number of aliphatic hydroxyl groups is 1. The Morgan fingerprint density at radius 3 is 2.64 bits per heavy atom. The van der Waals surface area contributed by atoms with Gasteiger partial charge >= 0.3 is 0 Å². The first-order valence-electron chi connectivity index (χ1n) is 9.65. The van der Waals surface area contributed by atoms with Crippen molar-refractivity contribution in [2.24, 2.45) is 10.7 Å². The predicted octanol–water partition coefficient (Wildman–Crippen LogP) is 3.92. The fourth-order valence-electron chi connectivity index (χ4n) is 3.40. The molecule has 0 aromatic heterocycles. The van der Waals surface area contributed by atoms with Crippen molar-refractivity contribution in [1.82, 2.24) is 4.90 Å². The topological polar surface area (TPSA) is 73.9 Å². The second kappa shape index (κ2) is 10.8. The van der Waals surface area contributed by atoms with Gasteiger partial charge in [-0.3, -0.25) is 4.90 Å². The van der Waals surface area contributed by atoms with Gasteiger partial charge in [0.05, 0.1) is 12.6 Å². The van der Waals surface area contributed by atoms with Crippen LogP contribution in [-0.4, -0.2) is 35.2 Å². The lowest BCUT2D eigenvalue weighted by Crippen LogP contribution is -2.23. The third-order valence-corrected chi connectivity index (χ3v) is 5.01. The van der Waals surface area contributed by atoms with Crippen molar-refractivity contribution >= 4 is 35.6 Å². The maximum Gasteiger partial charge on any atom is 0.193 e. The molecule has 1 aliphatic heterocycles. The van der Waals surface area contributed by atoms with Crippen LogP contribution >= 0.6 is 24.0 Å². The summed E-state index contributed by atoms with van der Waals surface area (Å²) in [4.78, 5) is 6.81. The van der Waals surface area contributed by atoms with Crippen molar-refractivity contribution in [3.8, 4) is 0 Å². The number of aliphatic hydroxyl groups excluding tert-OH is 1. The molecule has 2 aromatic carbocycles. The largest absolute Gasteiger partial charge is 0.392 e. The molecule has 152 valence electrons. The standard InChI is InChI=1S/C22H30N4O.HI/c1-16(2)17-8-5-9-20(12-17)25-22(23)24-13-18-6-3-4-7-19(18)14-26-11-10-21(27)15-26;/h3-9,12,16,21,27H,10-11,13-15H2,1-2H3,(H3,23,24,25);1H. The summed E-state index contributed by atoms with van der Waals surface area (Å²) in [5, 5.41) is 12.9. The van der Waals surface area contributed by atoms with E-state index in [1.165, 1.54) is 16.7 Å². The molecule has 0 radical (unpaired) electrons. The van der Waals surface area contributed by atoms with Crippen LogP contribution in [-0.2, 0) is 13.1 Å². The van der Waals surface area contributed by atoms with Crippen LogP contribution in [0, 0.1) is 0 Å². The summed E-state index contributed by atoms with van der Waals surface area (Å²) in [5.41, 5.74) is 10.7. The van der Waals surface area contributed by atoms with Crippen LogP contribution in [0.3, 0.4) is 0 Å². The molecule has 28 heavy (non-hydrogen) atoms. The van der Waals surface area contributed by atoms with E-state index in [9.17, 15) is 5.11 Å². The number of β-amino-alcohol motifs (C(OH)–C–C–N with tert-alkyl or cyclic N) is 1. The van der Waals surface area contributed by atoms with E-state index in [-0.39, 0.29) is 30.1 Å². The number of halogens is 1. The highest BCUT2D eigenvalue weighted by atomic mass is 127. The lowest BCUT2D eigenvalue weighted by molar-refractivity contribution is 0.174. The molecule has 2 aromatic rings. The van der Waals surface area contributed by atoms with Crippen molar-refractivity contribution in [2.75, 3.05) is 18.4 Å². The van der Waals surface area contributed by atoms with Gasteiger partial charge in [-0.25, -0.2) is 4.99 Å². The van der Waals surface area contributed by atoms with Crippen molar-refractivity contribution < 1.29 is 5.11 Å². The quantitative estimate of drug-likeness (QED) is 0.324. The van der Waals surface area contributed by atoms with Crippen molar-refractivity contribution in [2.45, 2.75) is 45.4 Å². The Bertz CT molecular complexity index is 794. The number of hydrogen-bond donors (Lipinski definition) is 3. The second-order valence-electron chi connectivity index (χ2n) is 7.55. The third kappa shape index (κ3) is 6.46. The van der Waals surface area contributed by atoms with Gasteiger partial charge in [-0.2, -0.15) is 0 Å². The number of anilines is 1. The minimum absolute atomic E-state index is 0. The van der Waals surface area contributed by atoms with E-state index in [0.29, 0.717) is 18.4 Å². The highest BCUT2D eigenvalue weighted by molar-refractivity contribution is 14.0. The van der Waals surface area contributed by atoms with Crippen molar-refractivity contribution in [3.63, 3.8) is 0 Å². The van der Waals surface area contributed by atoms with Crippen molar-refractivity contribution in [1.29, 1.82) is 0 Å². The zero-order valence-electron chi connectivity index (χ0n) is 16.6. The van der Waals surface area contributed by atoms with Crippen LogP contribution in [0.25, 0.3) is 0 Å². The van der Waals surface area contributed by atoms with E-state index in [4.69, 9.17) is 5.73 Å². The number of nitrogens with zero attached hydrogens (tertiary/aromatic N) is 2. The van der Waals surface area contributed by atoms with Gasteiger partial charge in [0.15, 0.2) is 5.96 Å². The summed E-state index contributed by atoms with van der Waals surface area (Å²) in [5.74, 6) is 0.892. The molecule has 1 fully saturated rings. The summed E-state index contributed by atoms with van der Waals surface area (Å²) in [6.07, 6.45) is 0.656. The van der Waals surface area contributed by atoms with E-state index in [0.717, 1.165) is 31.7 Å². The Hall–Kier alpha value is -1.64. The fraction of sp³-hybridized carbons (Fsp3) is 0.409. The first-order valence-corrected chi connectivity index (χ1v) is 9.65. The number of guanidine groups is 1. The molecule has 1 atom stereocenters. The zero-order valence-corrected chi connectivity index (χ0v) is 19.0. The van der Waals surface area contributed by atoms with Gasteiger partial charge in [0.1, 0.15) is 0 Å². The highest BCUT2D eigenvalue weighted by Crippen LogP contribution is 2.19. The van der Waals surface area contributed by atoms with Crippen molar-refractivity contribution in [3.05, 3.63) is 65.2 Å². The molecule has 0 bridgehead atoms. The highest BCUT2D eigenvalue weighted by Gasteiger charge is 2.20. The molecule has 0 saturated carbocycles. The Kier molecular flexibility index (Phi) is 8.72. The van der Waals surface area contributed by atoms with Gasteiger partial charge in [-0.15, -0.1) is 24.0 Å². The van der Waals surface area contributed by atoms with Gasteiger partial charge in [-0.1, -0.05) is 50.2 Å². The number of nitrogens with one attached hydrogen (secondary N) is 1. The van der Waals surface area contributed by atoms with Gasteiger partial charge in [0.25, 0.3) is 0 Å². The molecule has 0 spiro atoms. The summed E-state index contributed by atoms with van der Waals surface area (Å²) in [6, 6.07) is 16.6. The molecular weight excluding hydrogens is 463 g/mol. The van der Waals surface area contributed by atoms with Gasteiger partial charge in [-0.05, 0) is 41.2 Å². The Morgan fingerprint density at radius 1 is 1.21 bits per heavy atom. The molecule has 4 N–H and O–H groups in total. The van der Waals surface area contributed by atoms with Crippen LogP contribution in [0.1, 0.15) is 42.9 Å². The SMILES string of the molecule is CC(C)c1cccc(NC(N)=NCc2ccccc2CN2CCC(O)C2)c1.I. The summed E-state index contributed by atoms with van der Waals surface area (Å²) >= 11 is 0. The van der Waals surface area contributed by atoms with Crippen LogP contribution in [0.5, 0.6) is 0 Å². The first kappa shape index (κ1) is 22.6. The van der Waals surface area contributed by atoms with Gasteiger partial charge in [0.2, 0.25) is 0 Å². The smallest absolute Gasteiger partial charge is 0.193 e. The number of aliphatic imine (C=N–C) groups is 1. The van der Waals surface area contributed by atoms with Gasteiger partial charge in [0, 0.05) is 25.3 Å². The van der Waals surface area contributed by atoms with E-state index in [2.05, 4.69) is 53.3 Å². The molecule has 1 heterocycles. The average molecular weight is 494 g/mol. The van der Waals surface area contributed by atoms with Crippen LogP contribution in [0.15, 0.2) is 53.5 Å². The normalized spacial score (nSPS) is 17.6. The van der Waals surface area contributed by atoms with Gasteiger partial charge < -0.3 is 16.2 Å². The van der Waals surface area contributed by atoms with E-state index < -0.39 is 0 Å². The van der Waals surface area contributed by atoms with E-state index >= 15 is 0 Å². The minimum Gasteiger partial charge on any atom is -0.392 e. The lowest BCUT2D eigenvalue weighted by atomic mass is 10.0. The predicted molar refractivity (Wildman–Crippen MR) is 127 cm³/mol. The lowest BCUT2D eigenvalue weighted by Gasteiger charge is -2.17. The number of benzene rings is 2. The second-order valence-corrected chi connectivity index (χ2v) is 7.55. The van der Waals surface area contributed by atoms with E-state index in [1.54, 1.807) is 0 Å². The molecule has 3 rings (SSSR count). The Morgan fingerprint density at radius 2 is 1.96 bits per heavy atom. The molecule has 5 nitrogen and oxygen atoms in total. The molecule has 1 unspecified atom stereocenters. The summed E-state index contributed by atoms with van der Waals surface area (Å²) < 4.78 is 0. The average Bonchev–Trinajstić information content (AvgIpc) is 3.06. The monoisotopic (exact) mass is 494 g/mol. The summed E-state index contributed by atoms with van der Waals surface area (Å²) in [6.45, 7) is 7.41. The third-order valence-electron chi connectivity index (χ3n) is 5.01. The molecule has 1 saturated heterocycles. The number of hydrogen-bond acceptors (Lipinski definition) is 3. The molecule has 1 aliphatic rings.